The number of amides is 1. The fourth-order valence-electron chi connectivity index (χ4n) is 3.96. The third-order valence-corrected chi connectivity index (χ3v) is 5.55. The molecule has 35 heavy (non-hydrogen) atoms. The first-order chi connectivity index (χ1) is 16.8. The number of ether oxygens (including phenoxy) is 1. The topological polar surface area (TPSA) is 93.1 Å². The van der Waals surface area contributed by atoms with Crippen LogP contribution < -0.4 is 20.1 Å². The molecule has 1 aromatic heterocycles. The Morgan fingerprint density at radius 3 is 2.49 bits per heavy atom. The summed E-state index contributed by atoms with van der Waals surface area (Å²) in [5.74, 6) is -1.83. The van der Waals surface area contributed by atoms with Crippen molar-refractivity contribution in [2.45, 2.75) is 13.5 Å². The van der Waals surface area contributed by atoms with Gasteiger partial charge in [-0.15, -0.1) is 0 Å². The van der Waals surface area contributed by atoms with Crippen LogP contribution in [0.4, 0.5) is 14.5 Å². The van der Waals surface area contributed by atoms with Crippen molar-refractivity contribution in [3.05, 3.63) is 94.5 Å². The van der Waals surface area contributed by atoms with E-state index in [0.717, 1.165) is 17.7 Å². The molecular weight excluding hydrogens is 454 g/mol. The Hall–Kier alpha value is -4.24. The molecular formula is C26H24F2N4O3. The van der Waals surface area contributed by atoms with Gasteiger partial charge in [0.05, 0.1) is 18.2 Å². The predicted octanol–water partition coefficient (Wildman–Crippen LogP) is 4.55. The Morgan fingerprint density at radius 2 is 1.80 bits per heavy atom. The van der Waals surface area contributed by atoms with E-state index >= 15 is 0 Å². The van der Waals surface area contributed by atoms with Gasteiger partial charge in [-0.1, -0.05) is 18.2 Å². The number of methoxy groups -OCH3 is 1. The first-order valence-electron chi connectivity index (χ1n) is 10.8. The second kappa shape index (κ2) is 9.94. The molecule has 0 unspecified atom stereocenters. The van der Waals surface area contributed by atoms with Gasteiger partial charge in [0.15, 0.2) is 5.69 Å². The van der Waals surface area contributed by atoms with E-state index in [4.69, 9.17) is 4.74 Å². The molecule has 9 heteroatoms. The largest absolute Gasteiger partial charge is 0.710 e. The second-order valence-electron chi connectivity index (χ2n) is 7.94. The maximum Gasteiger partial charge on any atom is 0.300 e. The van der Waals surface area contributed by atoms with Gasteiger partial charge in [-0.3, -0.25) is 4.79 Å². The molecule has 0 aliphatic heterocycles. The van der Waals surface area contributed by atoms with Crippen molar-refractivity contribution in [3.8, 4) is 28.3 Å². The number of hydrogen-bond acceptors (Lipinski definition) is 4. The summed E-state index contributed by atoms with van der Waals surface area (Å²) in [7, 11) is 3.21. The Morgan fingerprint density at radius 1 is 1.09 bits per heavy atom. The quantitative estimate of drug-likeness (QED) is 0.268. The van der Waals surface area contributed by atoms with Gasteiger partial charge in [0.2, 0.25) is 5.69 Å². The summed E-state index contributed by atoms with van der Waals surface area (Å²) in [6.07, 6.45) is 0. The highest BCUT2D eigenvalue weighted by Gasteiger charge is 2.26. The van der Waals surface area contributed by atoms with E-state index in [9.17, 15) is 18.8 Å². The average molecular weight is 478 g/mol. The van der Waals surface area contributed by atoms with E-state index in [2.05, 4.69) is 15.6 Å². The number of aromatic amines is 1. The number of aromatic nitrogens is 2. The SMILES string of the molecule is CNCc1cccc(NC(=O)c2c(C)[nH]c(-c3ccc(OC)c(-c4c(F)cccc4F)c3)[n+]2[O-])c1. The summed E-state index contributed by atoms with van der Waals surface area (Å²) < 4.78 is 34.8. The van der Waals surface area contributed by atoms with Crippen LogP contribution in [0.1, 0.15) is 21.7 Å². The molecule has 3 N–H and O–H groups in total. The van der Waals surface area contributed by atoms with Gasteiger partial charge in [-0.05, 0) is 55.1 Å². The number of halogens is 2. The van der Waals surface area contributed by atoms with E-state index in [1.165, 1.54) is 25.3 Å². The van der Waals surface area contributed by atoms with Crippen LogP contribution in [-0.2, 0) is 6.54 Å². The zero-order chi connectivity index (χ0) is 25.1. The molecule has 3 aromatic carbocycles. The number of nitrogens with one attached hydrogen (secondary N) is 3. The van der Waals surface area contributed by atoms with Crippen molar-refractivity contribution in [1.82, 2.24) is 10.3 Å². The lowest BCUT2D eigenvalue weighted by atomic mass is 10.0. The Bertz CT molecular complexity index is 1380. The minimum Gasteiger partial charge on any atom is -0.710 e. The maximum absolute atomic E-state index is 14.5. The van der Waals surface area contributed by atoms with Gasteiger partial charge in [-0.2, -0.15) is 0 Å². The van der Waals surface area contributed by atoms with Gasteiger partial charge >= 0.3 is 0 Å². The number of carbonyl (C=O) groups excluding carboxylic acids is 1. The average Bonchev–Trinajstić information content (AvgIpc) is 3.13. The molecule has 0 aliphatic carbocycles. The number of rotatable bonds is 7. The summed E-state index contributed by atoms with van der Waals surface area (Å²) in [5.41, 5.74) is 1.94. The lowest BCUT2D eigenvalue weighted by molar-refractivity contribution is -0.594. The van der Waals surface area contributed by atoms with Crippen LogP contribution in [0.25, 0.3) is 22.5 Å². The molecule has 1 heterocycles. The molecule has 7 nitrogen and oxygen atoms in total. The third kappa shape index (κ3) is 4.71. The van der Waals surface area contributed by atoms with Gasteiger partial charge in [-0.25, -0.2) is 18.5 Å². The molecule has 0 atom stereocenters. The molecule has 0 spiro atoms. The summed E-state index contributed by atoms with van der Waals surface area (Å²) >= 11 is 0. The fraction of sp³-hybridized carbons (Fsp3) is 0.154. The minimum atomic E-state index is -0.765. The predicted molar refractivity (Wildman–Crippen MR) is 129 cm³/mol. The Labute approximate surface area is 201 Å². The van der Waals surface area contributed by atoms with Crippen LogP contribution in [0, 0.1) is 23.8 Å². The van der Waals surface area contributed by atoms with Gasteiger partial charge in [0.25, 0.3) is 11.7 Å². The maximum atomic E-state index is 14.5. The van der Waals surface area contributed by atoms with Crippen LogP contribution in [-0.4, -0.2) is 25.0 Å². The number of H-pyrrole nitrogens is 1. The van der Waals surface area contributed by atoms with E-state index < -0.39 is 17.5 Å². The molecule has 4 aromatic rings. The fourth-order valence-corrected chi connectivity index (χ4v) is 3.96. The monoisotopic (exact) mass is 478 g/mol. The van der Waals surface area contributed by atoms with Gasteiger partial charge in [0.1, 0.15) is 17.4 Å². The van der Waals surface area contributed by atoms with Crippen LogP contribution in [0.3, 0.4) is 0 Å². The molecule has 180 valence electrons. The van der Waals surface area contributed by atoms with Crippen molar-refractivity contribution in [3.63, 3.8) is 0 Å². The zero-order valence-corrected chi connectivity index (χ0v) is 19.4. The van der Waals surface area contributed by atoms with Gasteiger partial charge in [0, 0.05) is 24.7 Å². The van der Waals surface area contributed by atoms with Crippen LogP contribution >= 0.6 is 0 Å². The molecule has 0 bridgehead atoms. The van der Waals surface area contributed by atoms with E-state index in [-0.39, 0.29) is 28.4 Å². The third-order valence-electron chi connectivity index (χ3n) is 5.55. The smallest absolute Gasteiger partial charge is 0.300 e. The normalized spacial score (nSPS) is 10.9. The number of nitrogens with zero attached hydrogens (tertiary/aromatic N) is 1. The Balaban J connectivity index is 1.72. The van der Waals surface area contributed by atoms with E-state index in [1.807, 2.05) is 25.2 Å². The number of carbonyl (C=O) groups is 1. The molecule has 4 rings (SSSR count). The first-order valence-corrected chi connectivity index (χ1v) is 10.8. The van der Waals surface area contributed by atoms with Crippen LogP contribution in [0.5, 0.6) is 5.75 Å². The number of benzene rings is 3. The lowest BCUT2D eigenvalue weighted by Crippen LogP contribution is -2.36. The van der Waals surface area contributed by atoms with Crippen molar-refractivity contribution < 1.29 is 23.0 Å². The number of imidazole rings is 1. The first kappa shape index (κ1) is 23.9. The van der Waals surface area contributed by atoms with Crippen molar-refractivity contribution in [2.75, 3.05) is 19.5 Å². The minimum absolute atomic E-state index is 0.0530. The van der Waals surface area contributed by atoms with E-state index in [0.29, 0.717) is 28.2 Å². The molecule has 0 fully saturated rings. The molecule has 0 saturated carbocycles. The van der Waals surface area contributed by atoms with Gasteiger partial charge < -0.3 is 20.6 Å². The number of aryl methyl sites for hydroxylation is 1. The summed E-state index contributed by atoms with van der Waals surface area (Å²) in [6.45, 7) is 2.23. The van der Waals surface area contributed by atoms with Crippen molar-refractivity contribution in [1.29, 1.82) is 0 Å². The standard InChI is InChI=1S/C26H24F2N4O3/c1-15-24(26(33)31-18-7-4-6-16(12-18)14-29-2)32(34)25(30-15)17-10-11-22(35-3)19(13-17)23-20(27)8-5-9-21(23)28/h4-13,29-30H,14H2,1-3H3,(H,31,33). The van der Waals surface area contributed by atoms with Crippen LogP contribution in [0.2, 0.25) is 0 Å². The zero-order valence-electron chi connectivity index (χ0n) is 19.4. The van der Waals surface area contributed by atoms with Crippen molar-refractivity contribution in [2.24, 2.45) is 0 Å². The number of anilines is 1. The second-order valence-corrected chi connectivity index (χ2v) is 7.94. The highest BCUT2D eigenvalue weighted by atomic mass is 19.1. The summed E-state index contributed by atoms with van der Waals surface area (Å²) in [4.78, 5) is 15.9. The summed E-state index contributed by atoms with van der Waals surface area (Å²) in [5, 5.41) is 18.9. The van der Waals surface area contributed by atoms with Crippen LogP contribution in [0.15, 0.2) is 60.7 Å². The highest BCUT2D eigenvalue weighted by Crippen LogP contribution is 2.36. The molecule has 0 saturated heterocycles. The summed E-state index contributed by atoms with van der Waals surface area (Å²) in [6, 6.07) is 15.4. The Kier molecular flexibility index (Phi) is 6.79. The molecule has 1 amide bonds. The molecule has 0 aliphatic rings. The van der Waals surface area contributed by atoms with E-state index in [1.54, 1.807) is 19.1 Å². The molecule has 0 radical (unpaired) electrons. The highest BCUT2D eigenvalue weighted by molar-refractivity contribution is 6.02. The number of hydrogen-bond donors (Lipinski definition) is 3. The lowest BCUT2D eigenvalue weighted by Gasteiger charge is -2.12. The van der Waals surface area contributed by atoms with Crippen molar-refractivity contribution >= 4 is 11.6 Å².